The molecule has 102 valence electrons. The van der Waals surface area contributed by atoms with Gasteiger partial charge in [-0.05, 0) is 29.1 Å². The Morgan fingerprint density at radius 2 is 1.11 bits per heavy atom. The lowest BCUT2D eigenvalue weighted by atomic mass is 10.2. The molecule has 0 spiro atoms. The Bertz CT molecular complexity index is 401. The second-order valence-corrected chi connectivity index (χ2v) is 12.4. The van der Waals surface area contributed by atoms with Crippen LogP contribution in [0, 0.1) is 13.8 Å². The van der Waals surface area contributed by atoms with Crippen LogP contribution in [0.1, 0.15) is 52.7 Å². The number of rotatable bonds is 1. The molecule has 0 bridgehead atoms. The van der Waals surface area contributed by atoms with E-state index in [9.17, 15) is 0 Å². The van der Waals surface area contributed by atoms with Crippen LogP contribution in [0.4, 0.5) is 4.11 Å². The van der Waals surface area contributed by atoms with Gasteiger partial charge in [0.15, 0.2) is 0 Å². The Labute approximate surface area is 113 Å². The van der Waals surface area contributed by atoms with Crippen molar-refractivity contribution in [1.29, 1.82) is 0 Å². The van der Waals surface area contributed by atoms with Crippen LogP contribution in [-0.4, -0.2) is 8.41 Å². The average molecular weight is 266 g/mol. The number of hydrogen-bond acceptors (Lipinski definition) is 0. The molecule has 0 N–H and O–H groups in total. The van der Waals surface area contributed by atoms with Crippen LogP contribution in [0.25, 0.3) is 0 Å². The number of aryl methyl sites for hydroxylation is 2. The summed E-state index contributed by atoms with van der Waals surface area (Å²) in [7, 11) is -3.09. The van der Waals surface area contributed by atoms with Gasteiger partial charge >= 0.3 is 0 Å². The molecule has 0 aliphatic carbocycles. The van der Waals surface area contributed by atoms with E-state index in [1.807, 2.05) is 41.5 Å². The summed E-state index contributed by atoms with van der Waals surface area (Å²) in [5.41, 5.74) is 2.32. The molecule has 2 heteroatoms. The normalized spacial score (nSPS) is 13.8. The Balaban J connectivity index is 3.55. The van der Waals surface area contributed by atoms with Gasteiger partial charge in [-0.2, -0.15) is 0 Å². The zero-order valence-electron chi connectivity index (χ0n) is 13.1. The van der Waals surface area contributed by atoms with Gasteiger partial charge in [0, 0.05) is 0 Å². The molecule has 0 amide bonds. The first-order valence-corrected chi connectivity index (χ1v) is 8.55. The van der Waals surface area contributed by atoms with Crippen LogP contribution < -0.4 is 5.19 Å². The lowest BCUT2D eigenvalue weighted by molar-refractivity contribution is 0.535. The van der Waals surface area contributed by atoms with E-state index in [-0.39, 0.29) is 10.1 Å². The van der Waals surface area contributed by atoms with Crippen molar-refractivity contribution in [3.05, 3.63) is 29.3 Å². The van der Waals surface area contributed by atoms with Crippen molar-refractivity contribution in [1.82, 2.24) is 0 Å². The van der Waals surface area contributed by atoms with Gasteiger partial charge in [-0.3, -0.25) is 0 Å². The van der Waals surface area contributed by atoms with Gasteiger partial charge in [-0.15, -0.1) is 0 Å². The minimum atomic E-state index is -3.09. The van der Waals surface area contributed by atoms with Crippen molar-refractivity contribution >= 4 is 13.6 Å². The molecule has 1 rings (SSSR count). The minimum Gasteiger partial charge on any atom is -0.307 e. The van der Waals surface area contributed by atoms with E-state index >= 15 is 4.11 Å². The molecule has 0 unspecified atom stereocenters. The van der Waals surface area contributed by atoms with Gasteiger partial charge in [-0.25, -0.2) is 0 Å². The largest absolute Gasteiger partial charge is 0.307 e. The highest BCUT2D eigenvalue weighted by Crippen LogP contribution is 2.51. The smallest absolute Gasteiger partial charge is 0.288 e. The summed E-state index contributed by atoms with van der Waals surface area (Å²) in [4.78, 5) is 0. The van der Waals surface area contributed by atoms with E-state index in [1.54, 1.807) is 0 Å². The summed E-state index contributed by atoms with van der Waals surface area (Å²) in [6.07, 6.45) is 0. The molecule has 0 aliphatic rings. The molecule has 0 saturated heterocycles. The molecule has 1 aromatic carbocycles. The summed E-state index contributed by atoms with van der Waals surface area (Å²) >= 11 is 0. The molecule has 0 aromatic heterocycles. The van der Waals surface area contributed by atoms with Crippen molar-refractivity contribution in [3.63, 3.8) is 0 Å². The molecule has 0 atom stereocenters. The Morgan fingerprint density at radius 3 is 1.39 bits per heavy atom. The monoisotopic (exact) mass is 266 g/mol. The molecule has 18 heavy (non-hydrogen) atoms. The molecule has 0 radical (unpaired) electrons. The zero-order chi connectivity index (χ0) is 14.4. The topological polar surface area (TPSA) is 0 Å². The number of hydrogen-bond donors (Lipinski definition) is 0. The molecule has 0 fully saturated rings. The van der Waals surface area contributed by atoms with Crippen molar-refractivity contribution in [2.24, 2.45) is 0 Å². The Kier molecular flexibility index (Phi) is 3.84. The van der Waals surface area contributed by atoms with Crippen LogP contribution in [0.15, 0.2) is 18.2 Å². The fraction of sp³-hybridized carbons (Fsp3) is 0.625. The maximum atomic E-state index is 16.0. The second-order valence-electron chi connectivity index (χ2n) is 7.53. The van der Waals surface area contributed by atoms with Crippen LogP contribution in [0.3, 0.4) is 0 Å². The number of benzene rings is 1. The molecular weight excluding hydrogens is 239 g/mol. The molecule has 0 aliphatic heterocycles. The highest BCUT2D eigenvalue weighted by atomic mass is 28.4. The third-order valence-corrected chi connectivity index (χ3v) is 8.90. The van der Waals surface area contributed by atoms with Gasteiger partial charge in [0.25, 0.3) is 8.41 Å². The number of halogens is 1. The fourth-order valence-corrected chi connectivity index (χ4v) is 8.00. The van der Waals surface area contributed by atoms with Crippen LogP contribution in [-0.2, 0) is 0 Å². The summed E-state index contributed by atoms with van der Waals surface area (Å²) in [6, 6.07) is 6.22. The summed E-state index contributed by atoms with van der Waals surface area (Å²) in [6.45, 7) is 16.4. The van der Waals surface area contributed by atoms with Gasteiger partial charge in [0.2, 0.25) is 0 Å². The Hall–Kier alpha value is -0.633. The van der Waals surface area contributed by atoms with Crippen molar-refractivity contribution < 1.29 is 4.11 Å². The van der Waals surface area contributed by atoms with Crippen molar-refractivity contribution in [2.45, 2.75) is 65.5 Å². The highest BCUT2D eigenvalue weighted by Gasteiger charge is 2.56. The van der Waals surface area contributed by atoms with Crippen molar-refractivity contribution in [3.8, 4) is 0 Å². The summed E-state index contributed by atoms with van der Waals surface area (Å²) < 4.78 is 16.0. The maximum Gasteiger partial charge on any atom is 0.288 e. The van der Waals surface area contributed by atoms with E-state index in [0.717, 1.165) is 16.3 Å². The standard InChI is InChI=1S/C16H27FSi/c1-12-9-13(2)11-14(10-12)18(17,15(3,4)5)16(6,7)8/h9-11H,1-8H3. The maximum absolute atomic E-state index is 16.0. The van der Waals surface area contributed by atoms with E-state index in [1.165, 1.54) is 0 Å². The SMILES string of the molecule is Cc1cc(C)cc([Si](F)(C(C)(C)C)C(C)(C)C)c1. The zero-order valence-corrected chi connectivity index (χ0v) is 14.1. The first-order chi connectivity index (χ1) is 7.89. The third-order valence-electron chi connectivity index (χ3n) is 3.69. The molecule has 0 nitrogen and oxygen atoms in total. The van der Waals surface area contributed by atoms with Gasteiger partial charge < -0.3 is 4.11 Å². The predicted octanol–water partition coefficient (Wildman–Crippen LogP) is 5.03. The minimum absolute atomic E-state index is 0.300. The van der Waals surface area contributed by atoms with Crippen LogP contribution >= 0.6 is 0 Å². The lowest BCUT2D eigenvalue weighted by Crippen LogP contribution is -2.58. The summed E-state index contributed by atoms with van der Waals surface area (Å²) in [5, 5.41) is 0.344. The quantitative estimate of drug-likeness (QED) is 0.494. The van der Waals surface area contributed by atoms with E-state index in [4.69, 9.17) is 0 Å². The van der Waals surface area contributed by atoms with Gasteiger partial charge in [0.05, 0.1) is 0 Å². The van der Waals surface area contributed by atoms with Gasteiger partial charge in [-0.1, -0.05) is 70.9 Å². The second kappa shape index (κ2) is 4.48. The first-order valence-electron chi connectivity index (χ1n) is 6.67. The van der Waals surface area contributed by atoms with E-state index in [0.29, 0.717) is 0 Å². The summed E-state index contributed by atoms with van der Waals surface area (Å²) in [5.74, 6) is 0. The Morgan fingerprint density at radius 1 is 0.778 bits per heavy atom. The highest BCUT2D eigenvalue weighted by molar-refractivity contribution is 6.90. The first kappa shape index (κ1) is 15.4. The van der Waals surface area contributed by atoms with Crippen LogP contribution in [0.2, 0.25) is 10.1 Å². The lowest BCUT2D eigenvalue weighted by Gasteiger charge is -2.45. The third kappa shape index (κ3) is 2.54. The molecular formula is C16H27FSi. The predicted molar refractivity (Wildman–Crippen MR) is 81.8 cm³/mol. The average Bonchev–Trinajstić information content (AvgIpc) is 2.11. The van der Waals surface area contributed by atoms with Gasteiger partial charge in [0.1, 0.15) is 0 Å². The van der Waals surface area contributed by atoms with E-state index in [2.05, 4.69) is 32.0 Å². The fourth-order valence-electron chi connectivity index (χ4n) is 3.16. The van der Waals surface area contributed by atoms with E-state index < -0.39 is 8.41 Å². The van der Waals surface area contributed by atoms with Crippen LogP contribution in [0.5, 0.6) is 0 Å². The molecule has 1 aromatic rings. The molecule has 0 saturated carbocycles. The molecule has 0 heterocycles. The van der Waals surface area contributed by atoms with Crippen molar-refractivity contribution in [2.75, 3.05) is 0 Å².